The number of esters is 2. The minimum atomic E-state index is -1.02. The lowest BCUT2D eigenvalue weighted by Gasteiger charge is -2.49. The predicted octanol–water partition coefficient (Wildman–Crippen LogP) is 6.71. The largest absolute Gasteiger partial charge is 0.427 e. The number of carbonyl (C=O) groups excluding carboxylic acids is 3. The average molecular weight is 509 g/mol. The second kappa shape index (κ2) is 10.6. The Morgan fingerprint density at radius 3 is 2.46 bits per heavy atom. The summed E-state index contributed by atoms with van der Waals surface area (Å²) in [4.78, 5) is 39.4. The SMILES string of the molecule is CCCCCC1C(C)C(Cl)CC1C1(C=O)CC2C=C(C(C)C)C1(C(=O)OCOC(=O)C(C)(C)C)C2. The molecule has 3 rings (SSSR count). The molecule has 198 valence electrons. The fourth-order valence-electron chi connectivity index (χ4n) is 7.37. The third kappa shape index (κ3) is 4.83. The number of hydrogen-bond acceptors (Lipinski definition) is 5. The van der Waals surface area contributed by atoms with Crippen LogP contribution in [0.15, 0.2) is 11.6 Å². The van der Waals surface area contributed by atoms with Crippen molar-refractivity contribution < 1.29 is 23.9 Å². The highest BCUT2D eigenvalue weighted by Gasteiger charge is 2.72. The molecule has 2 bridgehead atoms. The summed E-state index contributed by atoms with van der Waals surface area (Å²) < 4.78 is 11.0. The molecule has 0 heterocycles. The number of unbranched alkanes of at least 4 members (excludes halogenated alkanes) is 2. The number of fused-ring (bicyclic) bond motifs is 2. The lowest BCUT2D eigenvalue weighted by molar-refractivity contribution is -0.184. The minimum absolute atomic E-state index is 0.00475. The van der Waals surface area contributed by atoms with Gasteiger partial charge in [-0.25, -0.2) is 0 Å². The van der Waals surface area contributed by atoms with E-state index in [2.05, 4.69) is 33.8 Å². The Morgan fingerprint density at radius 1 is 1.20 bits per heavy atom. The van der Waals surface area contributed by atoms with Crippen LogP contribution in [0, 0.1) is 45.8 Å². The van der Waals surface area contributed by atoms with E-state index >= 15 is 0 Å². The Balaban J connectivity index is 1.97. The molecule has 7 atom stereocenters. The van der Waals surface area contributed by atoms with Gasteiger partial charge >= 0.3 is 11.9 Å². The highest BCUT2D eigenvalue weighted by molar-refractivity contribution is 6.21. The normalized spacial score (nSPS) is 36.4. The van der Waals surface area contributed by atoms with Gasteiger partial charge in [0.15, 0.2) is 0 Å². The standard InChI is InChI=1S/C29H45ClO5/c1-8-9-10-11-21-19(4)24(30)13-23(21)28(16-31)14-20-12-22(18(2)3)29(28,15-20)26(33)35-17-34-25(32)27(5,6)7/h12,16,18-21,23-24H,8-11,13-15,17H2,1-7H3. The maximum absolute atomic E-state index is 14.0. The second-order valence-corrected chi connectivity index (χ2v) is 13.2. The summed E-state index contributed by atoms with van der Waals surface area (Å²) in [7, 11) is 0. The van der Waals surface area contributed by atoms with E-state index in [4.69, 9.17) is 21.1 Å². The molecule has 0 radical (unpaired) electrons. The van der Waals surface area contributed by atoms with Gasteiger partial charge in [-0.3, -0.25) is 9.59 Å². The highest BCUT2D eigenvalue weighted by atomic mass is 35.5. The van der Waals surface area contributed by atoms with Crippen LogP contribution in [0.1, 0.15) is 93.4 Å². The minimum Gasteiger partial charge on any atom is -0.427 e. The molecule has 2 fully saturated rings. The van der Waals surface area contributed by atoms with Crippen molar-refractivity contribution in [3.05, 3.63) is 11.6 Å². The topological polar surface area (TPSA) is 69.7 Å². The molecular formula is C29H45ClO5. The summed E-state index contributed by atoms with van der Waals surface area (Å²) in [5.41, 5.74) is -1.54. The molecule has 3 aliphatic rings. The number of carbonyl (C=O) groups is 3. The van der Waals surface area contributed by atoms with Crippen molar-refractivity contribution >= 4 is 29.8 Å². The quantitative estimate of drug-likeness (QED) is 0.0818. The van der Waals surface area contributed by atoms with E-state index in [9.17, 15) is 14.4 Å². The van der Waals surface area contributed by atoms with Gasteiger partial charge in [-0.2, -0.15) is 0 Å². The first-order chi connectivity index (χ1) is 16.4. The van der Waals surface area contributed by atoms with Crippen LogP contribution >= 0.6 is 11.6 Å². The van der Waals surface area contributed by atoms with E-state index in [1.807, 2.05) is 0 Å². The van der Waals surface area contributed by atoms with E-state index in [1.165, 1.54) is 0 Å². The zero-order valence-corrected chi connectivity index (χ0v) is 23.5. The molecule has 2 saturated carbocycles. The Hall–Kier alpha value is -1.36. The van der Waals surface area contributed by atoms with Crippen LogP contribution in [0.5, 0.6) is 0 Å². The van der Waals surface area contributed by atoms with Crippen LogP contribution in [-0.4, -0.2) is 30.4 Å². The third-order valence-corrected chi connectivity index (χ3v) is 9.66. The molecule has 0 aliphatic heterocycles. The lowest BCUT2D eigenvalue weighted by atomic mass is 9.52. The molecular weight excluding hydrogens is 464 g/mol. The van der Waals surface area contributed by atoms with Crippen molar-refractivity contribution in [3.8, 4) is 0 Å². The first-order valence-electron chi connectivity index (χ1n) is 13.5. The van der Waals surface area contributed by atoms with Gasteiger partial charge in [0.1, 0.15) is 11.7 Å². The van der Waals surface area contributed by atoms with Gasteiger partial charge in [-0.05, 0) is 76.0 Å². The molecule has 3 aliphatic carbocycles. The van der Waals surface area contributed by atoms with Crippen molar-refractivity contribution in [3.63, 3.8) is 0 Å². The summed E-state index contributed by atoms with van der Waals surface area (Å²) in [5, 5.41) is -0.00475. The Labute approximate surface area is 216 Å². The smallest absolute Gasteiger partial charge is 0.320 e. The van der Waals surface area contributed by atoms with Gasteiger partial charge in [0.05, 0.1) is 5.41 Å². The van der Waals surface area contributed by atoms with Crippen LogP contribution in [0.3, 0.4) is 0 Å². The molecule has 0 aromatic heterocycles. The summed E-state index contributed by atoms with van der Waals surface area (Å²) in [5.74, 6) is 0.0463. The molecule has 0 N–H and O–H groups in total. The van der Waals surface area contributed by atoms with E-state index in [0.29, 0.717) is 24.7 Å². The maximum Gasteiger partial charge on any atom is 0.320 e. The van der Waals surface area contributed by atoms with E-state index in [1.54, 1.807) is 20.8 Å². The number of alkyl halides is 1. The molecule has 0 amide bonds. The fourth-order valence-corrected chi connectivity index (χ4v) is 7.75. The van der Waals surface area contributed by atoms with Gasteiger partial charge in [0, 0.05) is 10.8 Å². The van der Waals surface area contributed by atoms with Gasteiger partial charge in [-0.1, -0.05) is 58.6 Å². The van der Waals surface area contributed by atoms with Gasteiger partial charge < -0.3 is 14.3 Å². The molecule has 6 heteroatoms. The van der Waals surface area contributed by atoms with Crippen LogP contribution in [0.25, 0.3) is 0 Å². The molecule has 35 heavy (non-hydrogen) atoms. The maximum atomic E-state index is 14.0. The van der Waals surface area contributed by atoms with Crippen LogP contribution < -0.4 is 0 Å². The number of aldehydes is 1. The highest BCUT2D eigenvalue weighted by Crippen LogP contribution is 2.71. The summed E-state index contributed by atoms with van der Waals surface area (Å²) in [6.07, 6.45) is 9.71. The Morgan fingerprint density at radius 2 is 1.89 bits per heavy atom. The van der Waals surface area contributed by atoms with E-state index < -0.39 is 35.0 Å². The third-order valence-electron chi connectivity index (χ3n) is 9.09. The Kier molecular flexibility index (Phi) is 8.51. The molecule has 0 saturated heterocycles. The summed E-state index contributed by atoms with van der Waals surface area (Å²) in [6.45, 7) is 13.4. The van der Waals surface area contributed by atoms with Gasteiger partial charge in [0.25, 0.3) is 0 Å². The van der Waals surface area contributed by atoms with Gasteiger partial charge in [0.2, 0.25) is 6.79 Å². The van der Waals surface area contributed by atoms with Crippen molar-refractivity contribution in [2.24, 2.45) is 45.8 Å². The first kappa shape index (κ1) is 28.2. The monoisotopic (exact) mass is 508 g/mol. The number of hydrogen-bond donors (Lipinski definition) is 0. The Bertz CT molecular complexity index is 843. The van der Waals surface area contributed by atoms with Crippen molar-refractivity contribution in [1.82, 2.24) is 0 Å². The van der Waals surface area contributed by atoms with Crippen LogP contribution in [-0.2, 0) is 23.9 Å². The number of halogens is 1. The van der Waals surface area contributed by atoms with Crippen LogP contribution in [0.2, 0.25) is 0 Å². The van der Waals surface area contributed by atoms with Crippen LogP contribution in [0.4, 0.5) is 0 Å². The fraction of sp³-hybridized carbons (Fsp3) is 0.828. The van der Waals surface area contributed by atoms with Crippen molar-refractivity contribution in [2.45, 2.75) is 98.8 Å². The number of allylic oxidation sites excluding steroid dienone is 1. The lowest BCUT2D eigenvalue weighted by Crippen LogP contribution is -2.53. The number of rotatable bonds is 10. The van der Waals surface area contributed by atoms with Gasteiger partial charge in [-0.15, -0.1) is 11.6 Å². The molecule has 5 nitrogen and oxygen atoms in total. The average Bonchev–Trinajstić information content (AvgIpc) is 3.43. The molecule has 0 aromatic rings. The summed E-state index contributed by atoms with van der Waals surface area (Å²) >= 11 is 6.85. The van der Waals surface area contributed by atoms with Crippen molar-refractivity contribution in [2.75, 3.05) is 6.79 Å². The summed E-state index contributed by atoms with van der Waals surface area (Å²) in [6, 6.07) is 0. The second-order valence-electron chi connectivity index (χ2n) is 12.6. The first-order valence-corrected chi connectivity index (χ1v) is 14.0. The molecule has 0 aromatic carbocycles. The number of ether oxygens (including phenoxy) is 2. The zero-order valence-electron chi connectivity index (χ0n) is 22.7. The van der Waals surface area contributed by atoms with E-state index in [0.717, 1.165) is 44.0 Å². The predicted molar refractivity (Wildman–Crippen MR) is 138 cm³/mol. The van der Waals surface area contributed by atoms with E-state index in [-0.39, 0.29) is 23.1 Å². The van der Waals surface area contributed by atoms with Crippen molar-refractivity contribution in [1.29, 1.82) is 0 Å². The molecule has 0 spiro atoms. The molecule has 7 unspecified atom stereocenters. The zero-order chi connectivity index (χ0) is 26.2.